The number of carbonyl (C=O) groups excluding carboxylic acids is 1. The molecular formula is C23H21ClF2N6O2. The summed E-state index contributed by atoms with van der Waals surface area (Å²) >= 11 is 6.02. The first-order valence-electron chi connectivity index (χ1n) is 10.9. The molecule has 0 spiro atoms. The second-order valence-electron chi connectivity index (χ2n) is 8.30. The Morgan fingerprint density at radius 1 is 1.21 bits per heavy atom. The quantitative estimate of drug-likeness (QED) is 0.440. The minimum Gasteiger partial charge on any atom is -0.424 e. The average molecular weight is 487 g/mol. The fourth-order valence-electron chi connectivity index (χ4n) is 4.35. The van der Waals surface area contributed by atoms with E-state index in [0.29, 0.717) is 35.2 Å². The first-order valence-corrected chi connectivity index (χ1v) is 11.2. The number of hydrogen-bond donors (Lipinski definition) is 1. The van der Waals surface area contributed by atoms with Crippen molar-refractivity contribution in [3.8, 4) is 5.69 Å². The largest absolute Gasteiger partial charge is 0.424 e. The normalized spacial score (nSPS) is 18.4. The van der Waals surface area contributed by atoms with Crippen molar-refractivity contribution in [3.63, 3.8) is 0 Å². The first-order chi connectivity index (χ1) is 16.4. The number of likely N-dealkylation sites (tertiary alicyclic amines) is 1. The lowest BCUT2D eigenvalue weighted by Gasteiger charge is -2.40. The van der Waals surface area contributed by atoms with Crippen LogP contribution < -0.4 is 5.32 Å². The van der Waals surface area contributed by atoms with Crippen molar-refractivity contribution >= 4 is 34.6 Å². The van der Waals surface area contributed by atoms with Gasteiger partial charge < -0.3 is 14.6 Å². The lowest BCUT2D eigenvalue weighted by Crippen LogP contribution is -2.51. The monoisotopic (exact) mass is 486 g/mol. The summed E-state index contributed by atoms with van der Waals surface area (Å²) in [4.78, 5) is 20.8. The SMILES string of the molecule is C[C@@H]1CCCN(C(=O)c2cc(F)c(F)cc2-n2nccn2)[C@@H]1CNc1nc2ccc(Cl)cc2o1. The smallest absolute Gasteiger partial charge is 0.295 e. The van der Waals surface area contributed by atoms with Crippen molar-refractivity contribution in [2.75, 3.05) is 18.4 Å². The van der Waals surface area contributed by atoms with E-state index in [1.807, 2.05) is 0 Å². The molecule has 2 atom stereocenters. The molecule has 0 bridgehead atoms. The lowest BCUT2D eigenvalue weighted by molar-refractivity contribution is 0.0538. The highest BCUT2D eigenvalue weighted by molar-refractivity contribution is 6.31. The number of carbonyl (C=O) groups is 1. The molecule has 8 nitrogen and oxygen atoms in total. The molecule has 1 aliphatic heterocycles. The summed E-state index contributed by atoms with van der Waals surface area (Å²) in [7, 11) is 0. The van der Waals surface area contributed by atoms with Gasteiger partial charge >= 0.3 is 0 Å². The van der Waals surface area contributed by atoms with Crippen molar-refractivity contribution in [2.45, 2.75) is 25.8 Å². The number of benzene rings is 2. The number of anilines is 1. The van der Waals surface area contributed by atoms with Gasteiger partial charge in [0.25, 0.3) is 11.9 Å². The first kappa shape index (κ1) is 22.3. The molecule has 1 amide bonds. The number of rotatable bonds is 5. The molecule has 34 heavy (non-hydrogen) atoms. The molecule has 1 saturated heterocycles. The Morgan fingerprint density at radius 3 is 2.76 bits per heavy atom. The van der Waals surface area contributed by atoms with Crippen LogP contribution in [0.1, 0.15) is 30.1 Å². The zero-order chi connectivity index (χ0) is 23.8. The summed E-state index contributed by atoms with van der Waals surface area (Å²) in [6, 6.07) is 7.11. The molecule has 0 radical (unpaired) electrons. The van der Waals surface area contributed by atoms with E-state index in [4.69, 9.17) is 16.0 Å². The number of halogens is 3. The predicted octanol–water partition coefficient (Wildman–Crippen LogP) is 4.69. The van der Waals surface area contributed by atoms with Crippen molar-refractivity contribution in [1.29, 1.82) is 0 Å². The molecular weight excluding hydrogens is 466 g/mol. The molecule has 2 aromatic heterocycles. The maximum Gasteiger partial charge on any atom is 0.295 e. The van der Waals surface area contributed by atoms with Crippen LogP contribution in [0.15, 0.2) is 47.1 Å². The molecule has 176 valence electrons. The third-order valence-corrected chi connectivity index (χ3v) is 6.33. The number of nitrogens with one attached hydrogen (secondary N) is 1. The Kier molecular flexibility index (Phi) is 5.91. The van der Waals surface area contributed by atoms with Crippen LogP contribution in [0.4, 0.5) is 14.8 Å². The number of oxazole rings is 1. The molecule has 0 aliphatic carbocycles. The Labute approximate surface area is 198 Å². The Balaban J connectivity index is 1.42. The highest BCUT2D eigenvalue weighted by Gasteiger charge is 2.34. The number of amides is 1. The van der Waals surface area contributed by atoms with Crippen LogP contribution in [-0.4, -0.2) is 49.9 Å². The van der Waals surface area contributed by atoms with E-state index in [0.717, 1.165) is 29.8 Å². The predicted molar refractivity (Wildman–Crippen MR) is 122 cm³/mol. The Morgan fingerprint density at radius 2 is 1.97 bits per heavy atom. The van der Waals surface area contributed by atoms with Gasteiger partial charge in [0.1, 0.15) is 11.2 Å². The molecule has 5 rings (SSSR count). The zero-order valence-electron chi connectivity index (χ0n) is 18.2. The van der Waals surface area contributed by atoms with Gasteiger partial charge in [-0.25, -0.2) is 8.78 Å². The molecule has 0 saturated carbocycles. The van der Waals surface area contributed by atoms with E-state index in [-0.39, 0.29) is 23.2 Å². The van der Waals surface area contributed by atoms with Crippen molar-refractivity contribution < 1.29 is 18.0 Å². The molecule has 0 unspecified atom stereocenters. The average Bonchev–Trinajstić information content (AvgIpc) is 3.49. The maximum absolute atomic E-state index is 14.2. The standard InChI is InChI=1S/C23H21ClF2N6O2/c1-13-3-2-8-31(20(13)12-27-23-30-18-5-4-14(24)9-21(18)34-23)22(33)15-10-16(25)17(26)11-19(15)32-28-6-7-29-32/h4-7,9-11,13,20H,2-3,8,12H2,1H3,(H,27,30)/t13-,20-/m1/s1. The molecule has 3 heterocycles. The van der Waals surface area contributed by atoms with Gasteiger partial charge in [-0.15, -0.1) is 0 Å². The van der Waals surface area contributed by atoms with Gasteiger partial charge in [0.05, 0.1) is 24.0 Å². The third kappa shape index (κ3) is 4.21. The molecule has 1 N–H and O–H groups in total. The third-order valence-electron chi connectivity index (χ3n) is 6.09. The summed E-state index contributed by atoms with van der Waals surface area (Å²) in [5, 5.41) is 11.7. The van der Waals surface area contributed by atoms with E-state index in [1.165, 1.54) is 12.4 Å². The lowest BCUT2D eigenvalue weighted by atomic mass is 9.90. The van der Waals surface area contributed by atoms with Crippen molar-refractivity contribution in [1.82, 2.24) is 24.9 Å². The van der Waals surface area contributed by atoms with Gasteiger partial charge in [0.2, 0.25) is 0 Å². The zero-order valence-corrected chi connectivity index (χ0v) is 19.0. The van der Waals surface area contributed by atoms with Crippen LogP contribution in [0.5, 0.6) is 0 Å². The van der Waals surface area contributed by atoms with Gasteiger partial charge in [-0.2, -0.15) is 20.0 Å². The summed E-state index contributed by atoms with van der Waals surface area (Å²) in [5.74, 6) is -2.45. The van der Waals surface area contributed by atoms with Gasteiger partial charge in [-0.05, 0) is 37.0 Å². The van der Waals surface area contributed by atoms with Gasteiger partial charge in [0.15, 0.2) is 17.2 Å². The van der Waals surface area contributed by atoms with E-state index in [9.17, 15) is 13.6 Å². The van der Waals surface area contributed by atoms with Crippen LogP contribution in [-0.2, 0) is 0 Å². The van der Waals surface area contributed by atoms with Crippen molar-refractivity contribution in [2.24, 2.45) is 5.92 Å². The number of nitrogens with zero attached hydrogens (tertiary/aromatic N) is 5. The van der Waals surface area contributed by atoms with E-state index >= 15 is 0 Å². The minimum absolute atomic E-state index is 0.00861. The molecule has 4 aromatic rings. The highest BCUT2D eigenvalue weighted by Crippen LogP contribution is 2.29. The highest BCUT2D eigenvalue weighted by atomic mass is 35.5. The van der Waals surface area contributed by atoms with Crippen LogP contribution in [0.25, 0.3) is 16.8 Å². The topological polar surface area (TPSA) is 89.1 Å². The van der Waals surface area contributed by atoms with Crippen LogP contribution in [0.2, 0.25) is 5.02 Å². The number of fused-ring (bicyclic) bond motifs is 1. The molecule has 1 aliphatic rings. The van der Waals surface area contributed by atoms with Gasteiger partial charge in [-0.3, -0.25) is 4.79 Å². The van der Waals surface area contributed by atoms with Gasteiger partial charge in [-0.1, -0.05) is 18.5 Å². The minimum atomic E-state index is -1.11. The van der Waals surface area contributed by atoms with Crippen LogP contribution in [0, 0.1) is 17.6 Å². The summed E-state index contributed by atoms with van der Waals surface area (Å²) in [6.45, 7) is 2.90. The number of aromatic nitrogens is 4. The van der Waals surface area contributed by atoms with E-state index in [2.05, 4.69) is 27.4 Å². The van der Waals surface area contributed by atoms with Crippen molar-refractivity contribution in [3.05, 3.63) is 64.9 Å². The number of piperidine rings is 1. The summed E-state index contributed by atoms with van der Waals surface area (Å²) < 4.78 is 33.9. The second-order valence-corrected chi connectivity index (χ2v) is 8.74. The fraction of sp³-hybridized carbons (Fsp3) is 0.304. The van der Waals surface area contributed by atoms with E-state index < -0.39 is 17.5 Å². The second kappa shape index (κ2) is 9.02. The van der Waals surface area contributed by atoms with Gasteiger partial charge in [0, 0.05) is 30.2 Å². The summed E-state index contributed by atoms with van der Waals surface area (Å²) in [5.41, 5.74) is 1.29. The molecule has 11 heteroatoms. The molecule has 2 aromatic carbocycles. The Bertz CT molecular complexity index is 1340. The van der Waals surface area contributed by atoms with Crippen LogP contribution in [0.3, 0.4) is 0 Å². The van der Waals surface area contributed by atoms with Crippen LogP contribution >= 0.6 is 11.6 Å². The Hall–Kier alpha value is -3.53. The number of hydrogen-bond acceptors (Lipinski definition) is 6. The summed E-state index contributed by atoms with van der Waals surface area (Å²) in [6.07, 6.45) is 4.52. The fourth-order valence-corrected chi connectivity index (χ4v) is 4.51. The maximum atomic E-state index is 14.2. The van der Waals surface area contributed by atoms with E-state index in [1.54, 1.807) is 23.1 Å². The molecule has 1 fully saturated rings.